The highest BCUT2D eigenvalue weighted by Gasteiger charge is 2.08. The van der Waals surface area contributed by atoms with Crippen molar-refractivity contribution in [1.29, 1.82) is 0 Å². The number of halogens is 1. The molecule has 2 aromatic carbocycles. The van der Waals surface area contributed by atoms with Crippen LogP contribution in [0.3, 0.4) is 0 Å². The molecule has 0 radical (unpaired) electrons. The van der Waals surface area contributed by atoms with Gasteiger partial charge in [0.25, 0.3) is 0 Å². The lowest BCUT2D eigenvalue weighted by Crippen LogP contribution is -1.90. The molecule has 3 nitrogen and oxygen atoms in total. The van der Waals surface area contributed by atoms with Gasteiger partial charge in [-0.25, -0.2) is 4.98 Å². The molecular formula is C14H11ClN2O. The number of ether oxygens (including phenoxy) is 1. The Morgan fingerprint density at radius 2 is 1.94 bits per heavy atom. The van der Waals surface area contributed by atoms with Gasteiger partial charge in [0.2, 0.25) is 0 Å². The summed E-state index contributed by atoms with van der Waals surface area (Å²) in [6.45, 7) is 0. The van der Waals surface area contributed by atoms with E-state index in [2.05, 4.69) is 4.98 Å². The zero-order valence-corrected chi connectivity index (χ0v) is 10.5. The van der Waals surface area contributed by atoms with Crippen LogP contribution in [0.5, 0.6) is 5.75 Å². The average molecular weight is 259 g/mol. The number of aromatic nitrogens is 1. The van der Waals surface area contributed by atoms with Crippen LogP contribution in [0.4, 0.5) is 5.69 Å². The maximum atomic E-state index is 6.11. The third kappa shape index (κ3) is 1.64. The van der Waals surface area contributed by atoms with Crippen molar-refractivity contribution in [3.05, 3.63) is 41.4 Å². The summed E-state index contributed by atoms with van der Waals surface area (Å²) in [7, 11) is 1.60. The molecule has 4 heteroatoms. The summed E-state index contributed by atoms with van der Waals surface area (Å²) >= 11 is 6.11. The Morgan fingerprint density at radius 3 is 2.72 bits per heavy atom. The SMILES string of the molecule is COc1c(Cl)ccc2nc3cc(N)ccc3cc12. The number of nitrogen functional groups attached to an aromatic ring is 1. The normalized spacial score (nSPS) is 11.0. The molecule has 0 saturated carbocycles. The summed E-state index contributed by atoms with van der Waals surface area (Å²) < 4.78 is 5.33. The average Bonchev–Trinajstić information content (AvgIpc) is 2.36. The maximum absolute atomic E-state index is 6.11. The van der Waals surface area contributed by atoms with E-state index in [1.165, 1.54) is 0 Å². The van der Waals surface area contributed by atoms with Gasteiger partial charge in [-0.1, -0.05) is 17.7 Å². The molecule has 3 aromatic rings. The molecule has 0 bridgehead atoms. The quantitative estimate of drug-likeness (QED) is 0.536. The molecule has 0 amide bonds. The van der Waals surface area contributed by atoms with Crippen molar-refractivity contribution < 1.29 is 4.74 Å². The van der Waals surface area contributed by atoms with Crippen molar-refractivity contribution >= 4 is 39.1 Å². The van der Waals surface area contributed by atoms with Crippen LogP contribution in [-0.4, -0.2) is 12.1 Å². The number of benzene rings is 2. The monoisotopic (exact) mass is 258 g/mol. The van der Waals surface area contributed by atoms with E-state index < -0.39 is 0 Å². The molecule has 0 fully saturated rings. The number of methoxy groups -OCH3 is 1. The number of nitrogens with zero attached hydrogens (tertiary/aromatic N) is 1. The van der Waals surface area contributed by atoms with Gasteiger partial charge >= 0.3 is 0 Å². The molecule has 1 heterocycles. The second kappa shape index (κ2) is 4.03. The second-order valence-electron chi connectivity index (χ2n) is 4.09. The molecule has 0 unspecified atom stereocenters. The molecule has 90 valence electrons. The standard InChI is InChI=1S/C14H11ClN2O/c1-18-14-10-6-8-2-3-9(16)7-13(8)17-12(10)5-4-11(14)15/h2-7H,16H2,1H3. The summed E-state index contributed by atoms with van der Waals surface area (Å²) in [4.78, 5) is 4.57. The topological polar surface area (TPSA) is 48.1 Å². The summed E-state index contributed by atoms with van der Waals surface area (Å²) in [5.41, 5.74) is 8.18. The Bertz CT molecular complexity index is 755. The zero-order valence-electron chi connectivity index (χ0n) is 9.77. The summed E-state index contributed by atoms with van der Waals surface area (Å²) in [6, 6.07) is 11.3. The largest absolute Gasteiger partial charge is 0.494 e. The van der Waals surface area contributed by atoms with Crippen molar-refractivity contribution in [3.8, 4) is 5.75 Å². The van der Waals surface area contributed by atoms with Gasteiger partial charge in [0.05, 0.1) is 23.2 Å². The van der Waals surface area contributed by atoms with E-state index in [0.717, 1.165) is 21.8 Å². The Labute approximate surface area is 109 Å². The summed E-state index contributed by atoms with van der Waals surface area (Å²) in [5.74, 6) is 0.653. The van der Waals surface area contributed by atoms with Crippen molar-refractivity contribution in [1.82, 2.24) is 4.98 Å². The van der Waals surface area contributed by atoms with Crippen molar-refractivity contribution in [2.75, 3.05) is 12.8 Å². The van der Waals surface area contributed by atoms with Crippen molar-refractivity contribution in [2.24, 2.45) is 0 Å². The van der Waals surface area contributed by atoms with Gasteiger partial charge in [-0.15, -0.1) is 0 Å². The van der Waals surface area contributed by atoms with Crippen LogP contribution in [0.15, 0.2) is 36.4 Å². The highest BCUT2D eigenvalue weighted by atomic mass is 35.5. The van der Waals surface area contributed by atoms with Gasteiger partial charge in [0.1, 0.15) is 5.75 Å². The van der Waals surface area contributed by atoms with Gasteiger partial charge in [-0.2, -0.15) is 0 Å². The van der Waals surface area contributed by atoms with E-state index in [1.54, 1.807) is 13.2 Å². The number of hydrogen-bond donors (Lipinski definition) is 1. The molecular weight excluding hydrogens is 248 g/mol. The van der Waals surface area contributed by atoms with E-state index in [4.69, 9.17) is 22.1 Å². The smallest absolute Gasteiger partial charge is 0.146 e. The number of rotatable bonds is 1. The fourth-order valence-corrected chi connectivity index (χ4v) is 2.31. The van der Waals surface area contributed by atoms with Gasteiger partial charge in [-0.3, -0.25) is 0 Å². The lowest BCUT2D eigenvalue weighted by Gasteiger charge is -2.08. The summed E-state index contributed by atoms with van der Waals surface area (Å²) in [6.07, 6.45) is 0. The molecule has 0 atom stereocenters. The van der Waals surface area contributed by atoms with Crippen LogP contribution in [0.1, 0.15) is 0 Å². The van der Waals surface area contributed by atoms with Gasteiger partial charge < -0.3 is 10.5 Å². The first kappa shape index (κ1) is 11.1. The second-order valence-corrected chi connectivity index (χ2v) is 4.50. The number of anilines is 1. The first-order valence-electron chi connectivity index (χ1n) is 5.51. The van der Waals surface area contributed by atoms with Crippen LogP contribution < -0.4 is 10.5 Å². The van der Waals surface area contributed by atoms with Crippen molar-refractivity contribution in [2.45, 2.75) is 0 Å². The number of nitrogens with two attached hydrogens (primary N) is 1. The van der Waals surface area contributed by atoms with Gasteiger partial charge in [0, 0.05) is 16.5 Å². The molecule has 18 heavy (non-hydrogen) atoms. The van der Waals surface area contributed by atoms with Crippen LogP contribution in [0.25, 0.3) is 21.8 Å². The van der Waals surface area contributed by atoms with E-state index in [0.29, 0.717) is 16.5 Å². The molecule has 0 spiro atoms. The molecule has 0 aliphatic heterocycles. The fraction of sp³-hybridized carbons (Fsp3) is 0.0714. The first-order chi connectivity index (χ1) is 8.69. The number of hydrogen-bond acceptors (Lipinski definition) is 3. The Balaban J connectivity index is 2.44. The van der Waals surface area contributed by atoms with E-state index >= 15 is 0 Å². The molecule has 0 saturated heterocycles. The molecule has 1 aromatic heterocycles. The predicted molar refractivity (Wildman–Crippen MR) is 75.2 cm³/mol. The van der Waals surface area contributed by atoms with E-state index in [-0.39, 0.29) is 0 Å². The predicted octanol–water partition coefficient (Wildman–Crippen LogP) is 3.63. The highest BCUT2D eigenvalue weighted by molar-refractivity contribution is 6.33. The molecule has 0 aliphatic rings. The maximum Gasteiger partial charge on any atom is 0.146 e. The van der Waals surface area contributed by atoms with Crippen LogP contribution in [0, 0.1) is 0 Å². The molecule has 3 rings (SSSR count). The van der Waals surface area contributed by atoms with Gasteiger partial charge in [-0.05, 0) is 30.3 Å². The Morgan fingerprint density at radius 1 is 1.11 bits per heavy atom. The van der Waals surface area contributed by atoms with Crippen molar-refractivity contribution in [3.63, 3.8) is 0 Å². The molecule has 0 aliphatic carbocycles. The highest BCUT2D eigenvalue weighted by Crippen LogP contribution is 2.34. The third-order valence-electron chi connectivity index (χ3n) is 2.92. The minimum absolute atomic E-state index is 0.585. The van der Waals surface area contributed by atoms with Crippen LogP contribution >= 0.6 is 11.6 Å². The zero-order chi connectivity index (χ0) is 12.7. The number of pyridine rings is 1. The minimum atomic E-state index is 0.585. The van der Waals surface area contributed by atoms with E-state index in [1.807, 2.05) is 30.3 Å². The Kier molecular flexibility index (Phi) is 2.49. The van der Waals surface area contributed by atoms with E-state index in [9.17, 15) is 0 Å². The van der Waals surface area contributed by atoms with Gasteiger partial charge in [0.15, 0.2) is 0 Å². The number of fused-ring (bicyclic) bond motifs is 2. The fourth-order valence-electron chi connectivity index (χ4n) is 2.07. The van der Waals surface area contributed by atoms with Crippen LogP contribution in [0.2, 0.25) is 5.02 Å². The third-order valence-corrected chi connectivity index (χ3v) is 3.22. The minimum Gasteiger partial charge on any atom is -0.494 e. The summed E-state index contributed by atoms with van der Waals surface area (Å²) in [5, 5.41) is 2.50. The first-order valence-corrected chi connectivity index (χ1v) is 5.89. The molecule has 2 N–H and O–H groups in total. The Hall–Kier alpha value is -2.00. The van der Waals surface area contributed by atoms with Crippen LogP contribution in [-0.2, 0) is 0 Å². The lowest BCUT2D eigenvalue weighted by molar-refractivity contribution is 0.420. The lowest BCUT2D eigenvalue weighted by atomic mass is 10.1.